The molecule has 0 bridgehead atoms. The number of hydrogen-bond acceptors (Lipinski definition) is 2. The van der Waals surface area contributed by atoms with Gasteiger partial charge in [-0.3, -0.25) is 0 Å². The van der Waals surface area contributed by atoms with Crippen molar-refractivity contribution in [3.63, 3.8) is 0 Å². The first-order valence-corrected chi connectivity index (χ1v) is 9.84. The first kappa shape index (κ1) is 17.5. The van der Waals surface area contributed by atoms with Gasteiger partial charge in [0.05, 0.1) is 17.0 Å². The molecule has 1 heterocycles. The van der Waals surface area contributed by atoms with Gasteiger partial charge in [0, 0.05) is 12.1 Å². The number of aryl methyl sites for hydroxylation is 2. The zero-order valence-corrected chi connectivity index (χ0v) is 15.3. The van der Waals surface area contributed by atoms with Crippen LogP contribution in [0.5, 0.6) is 0 Å². The van der Waals surface area contributed by atoms with Gasteiger partial charge in [-0.25, -0.2) is 17.2 Å². The van der Waals surface area contributed by atoms with Crippen LogP contribution in [0.1, 0.15) is 17.5 Å². The molecule has 4 nitrogen and oxygen atoms in total. The summed E-state index contributed by atoms with van der Waals surface area (Å²) < 4.78 is 27.5. The van der Waals surface area contributed by atoms with Gasteiger partial charge in [0.2, 0.25) is 0 Å². The number of rotatable bonds is 5. The summed E-state index contributed by atoms with van der Waals surface area (Å²) in [5, 5.41) is 0.786. The van der Waals surface area contributed by atoms with Crippen molar-refractivity contribution in [2.24, 2.45) is 0 Å². The summed E-state index contributed by atoms with van der Waals surface area (Å²) in [4.78, 5) is 3.69. The van der Waals surface area contributed by atoms with Crippen molar-refractivity contribution in [2.75, 3.05) is 5.88 Å². The van der Waals surface area contributed by atoms with Crippen LogP contribution in [-0.4, -0.2) is 18.3 Å². The number of hydrogen-bond donors (Lipinski definition) is 0. The minimum absolute atomic E-state index is 0.244. The van der Waals surface area contributed by atoms with E-state index in [9.17, 15) is 8.42 Å². The second-order valence-corrected chi connectivity index (χ2v) is 8.07. The highest BCUT2D eigenvalue weighted by Crippen LogP contribution is 2.30. The van der Waals surface area contributed by atoms with Crippen LogP contribution >= 0.6 is 11.6 Å². The molecule has 0 amide bonds. The number of alkyl halides is 1. The third-order valence-electron chi connectivity index (χ3n) is 4.12. The molecule has 0 radical (unpaired) electrons. The Labute approximate surface area is 152 Å². The summed E-state index contributed by atoms with van der Waals surface area (Å²) >= 11 is 5.79. The Morgan fingerprint density at radius 1 is 1.16 bits per heavy atom. The lowest BCUT2D eigenvalue weighted by Gasteiger charge is -2.08. The Morgan fingerprint density at radius 2 is 1.88 bits per heavy atom. The first-order valence-electron chi connectivity index (χ1n) is 7.87. The molecular formula is C19H17ClN2O2S. The summed E-state index contributed by atoms with van der Waals surface area (Å²) in [5.41, 5.74) is 2.96. The molecule has 0 aliphatic heterocycles. The van der Waals surface area contributed by atoms with Gasteiger partial charge in [-0.2, -0.15) is 0 Å². The van der Waals surface area contributed by atoms with Crippen molar-refractivity contribution in [3.8, 4) is 0 Å². The number of halogens is 1. The van der Waals surface area contributed by atoms with E-state index < -0.39 is 10.0 Å². The highest BCUT2D eigenvalue weighted by molar-refractivity contribution is 7.90. The molecule has 128 valence electrons. The highest BCUT2D eigenvalue weighted by Gasteiger charge is 2.21. The van der Waals surface area contributed by atoms with E-state index in [2.05, 4.69) is 4.85 Å². The predicted octanol–water partition coefficient (Wildman–Crippen LogP) is 4.91. The molecule has 0 saturated carbocycles. The number of fused-ring (bicyclic) bond motifs is 1. The minimum atomic E-state index is -3.70. The molecule has 0 aliphatic rings. The maximum atomic E-state index is 13.1. The molecule has 25 heavy (non-hydrogen) atoms. The average Bonchev–Trinajstić information content (AvgIpc) is 2.98. The van der Waals surface area contributed by atoms with Crippen molar-refractivity contribution in [1.82, 2.24) is 3.97 Å². The van der Waals surface area contributed by atoms with Gasteiger partial charge in [0.1, 0.15) is 0 Å². The molecule has 0 saturated heterocycles. The van der Waals surface area contributed by atoms with E-state index in [0.717, 1.165) is 22.9 Å². The number of aromatic nitrogens is 1. The van der Waals surface area contributed by atoms with Crippen molar-refractivity contribution in [2.45, 2.75) is 24.7 Å². The van der Waals surface area contributed by atoms with Gasteiger partial charge in [-0.15, -0.1) is 11.6 Å². The van der Waals surface area contributed by atoms with Crippen LogP contribution < -0.4 is 0 Å². The van der Waals surface area contributed by atoms with Crippen LogP contribution in [0.3, 0.4) is 0 Å². The van der Waals surface area contributed by atoms with E-state index >= 15 is 0 Å². The molecule has 0 aliphatic carbocycles. The fraction of sp³-hybridized carbons (Fsp3) is 0.211. The standard InChI is InChI=1S/C19H17ClN2O2S/c1-14-5-8-17(9-6-14)25(23,24)22-13-15(4-3-11-20)18-12-16(21-2)7-10-19(18)22/h5-10,12-13H,3-4,11H2,1H3. The van der Waals surface area contributed by atoms with Crippen molar-refractivity contribution in [1.29, 1.82) is 0 Å². The van der Waals surface area contributed by atoms with Crippen LogP contribution in [-0.2, 0) is 16.4 Å². The molecule has 2 aromatic carbocycles. The third kappa shape index (κ3) is 3.28. The molecular weight excluding hydrogens is 356 g/mol. The van der Waals surface area contributed by atoms with Gasteiger partial charge in [-0.05, 0) is 55.0 Å². The van der Waals surface area contributed by atoms with Crippen LogP contribution in [0.15, 0.2) is 53.6 Å². The molecule has 0 unspecified atom stereocenters. The number of nitrogens with zero attached hydrogens (tertiary/aromatic N) is 2. The largest absolute Gasteiger partial charge is 0.268 e. The quantitative estimate of drug-likeness (QED) is 0.471. The van der Waals surface area contributed by atoms with Crippen LogP contribution in [0.4, 0.5) is 5.69 Å². The molecule has 6 heteroatoms. The van der Waals surface area contributed by atoms with E-state index in [0.29, 0.717) is 23.5 Å². The maximum Gasteiger partial charge on any atom is 0.268 e. The third-order valence-corrected chi connectivity index (χ3v) is 6.08. The fourth-order valence-corrected chi connectivity index (χ4v) is 4.33. The van der Waals surface area contributed by atoms with Crippen molar-refractivity contribution < 1.29 is 8.42 Å². The van der Waals surface area contributed by atoms with E-state index in [1.165, 1.54) is 3.97 Å². The Kier molecular flexibility index (Phi) is 4.85. The Bertz CT molecular complexity index is 1060. The first-order chi connectivity index (χ1) is 12.0. The van der Waals surface area contributed by atoms with E-state index in [4.69, 9.17) is 18.2 Å². The number of benzene rings is 2. The lowest BCUT2D eigenvalue weighted by molar-refractivity contribution is 0.589. The molecule has 3 aromatic rings. The lowest BCUT2D eigenvalue weighted by atomic mass is 10.1. The second kappa shape index (κ2) is 6.91. The molecule has 3 rings (SSSR count). The van der Waals surface area contributed by atoms with Crippen LogP contribution in [0, 0.1) is 13.5 Å². The Balaban J connectivity index is 2.22. The van der Waals surface area contributed by atoms with Gasteiger partial charge in [-0.1, -0.05) is 23.8 Å². The van der Waals surface area contributed by atoms with Crippen molar-refractivity contribution >= 4 is 38.2 Å². The lowest BCUT2D eigenvalue weighted by Crippen LogP contribution is -2.11. The Morgan fingerprint density at radius 3 is 2.52 bits per heavy atom. The van der Waals surface area contributed by atoms with Gasteiger partial charge in [0.15, 0.2) is 5.69 Å². The average molecular weight is 373 g/mol. The Hall–Kier alpha value is -2.29. The zero-order valence-electron chi connectivity index (χ0n) is 13.7. The summed E-state index contributed by atoms with van der Waals surface area (Å²) in [5.74, 6) is 0.500. The molecule has 0 spiro atoms. The molecule has 0 N–H and O–H groups in total. The predicted molar refractivity (Wildman–Crippen MR) is 101 cm³/mol. The molecule has 0 atom stereocenters. The summed E-state index contributed by atoms with van der Waals surface area (Å²) in [7, 11) is -3.70. The molecule has 0 fully saturated rings. The monoisotopic (exact) mass is 372 g/mol. The normalized spacial score (nSPS) is 11.6. The topological polar surface area (TPSA) is 43.4 Å². The molecule has 1 aromatic heterocycles. The summed E-state index contributed by atoms with van der Waals surface area (Å²) in [6.07, 6.45) is 3.06. The van der Waals surface area contributed by atoms with Gasteiger partial charge >= 0.3 is 0 Å². The smallest absolute Gasteiger partial charge is 0.241 e. The summed E-state index contributed by atoms with van der Waals surface area (Å²) in [6.45, 7) is 9.10. The van der Waals surface area contributed by atoms with Crippen LogP contribution in [0.2, 0.25) is 0 Å². The van der Waals surface area contributed by atoms with E-state index in [1.807, 2.05) is 6.92 Å². The van der Waals surface area contributed by atoms with E-state index in [-0.39, 0.29) is 4.90 Å². The summed E-state index contributed by atoms with van der Waals surface area (Å²) in [6, 6.07) is 11.9. The minimum Gasteiger partial charge on any atom is -0.241 e. The van der Waals surface area contributed by atoms with E-state index in [1.54, 1.807) is 48.7 Å². The van der Waals surface area contributed by atoms with Gasteiger partial charge < -0.3 is 0 Å². The van der Waals surface area contributed by atoms with Gasteiger partial charge in [0.25, 0.3) is 10.0 Å². The highest BCUT2D eigenvalue weighted by atomic mass is 35.5. The SMILES string of the molecule is [C-]#[N+]c1ccc2c(c1)c(CCCCl)cn2S(=O)(=O)c1ccc(C)cc1. The van der Waals surface area contributed by atoms with Crippen molar-refractivity contribution in [3.05, 3.63) is 71.2 Å². The fourth-order valence-electron chi connectivity index (χ4n) is 2.80. The zero-order chi connectivity index (χ0) is 18.0. The second-order valence-electron chi connectivity index (χ2n) is 5.87. The maximum absolute atomic E-state index is 13.1. The van der Waals surface area contributed by atoms with Crippen LogP contribution in [0.25, 0.3) is 15.7 Å².